The van der Waals surface area contributed by atoms with Crippen LogP contribution in [0.1, 0.15) is 38.4 Å². The minimum atomic E-state index is -0.0530. The van der Waals surface area contributed by atoms with Gasteiger partial charge in [0.2, 0.25) is 5.91 Å². The molecule has 1 aromatic heterocycles. The van der Waals surface area contributed by atoms with Crippen LogP contribution in [0.4, 0.5) is 0 Å². The normalized spacial score (nSPS) is 17.6. The number of likely N-dealkylation sites (N-methyl/N-ethyl adjacent to an activating group) is 1. The fraction of sp³-hybridized carbons (Fsp3) is 0.579. The summed E-state index contributed by atoms with van der Waals surface area (Å²) in [5.74, 6) is 1.11. The van der Waals surface area contributed by atoms with E-state index in [9.17, 15) is 4.79 Å². The molecular weight excluding hydrogens is 300 g/mol. The Morgan fingerprint density at radius 2 is 1.88 bits per heavy atom. The van der Waals surface area contributed by atoms with E-state index < -0.39 is 0 Å². The van der Waals surface area contributed by atoms with Crippen LogP contribution >= 0.6 is 0 Å². The molecule has 2 heterocycles. The average Bonchev–Trinajstić information content (AvgIpc) is 2.79. The molecule has 24 heavy (non-hydrogen) atoms. The first-order valence-corrected chi connectivity index (χ1v) is 8.97. The monoisotopic (exact) mass is 328 g/mol. The molecule has 0 saturated carbocycles. The fourth-order valence-electron chi connectivity index (χ4n) is 3.58. The molecule has 0 aliphatic carbocycles. The Hall–Kier alpha value is -1.88. The van der Waals surface area contributed by atoms with E-state index in [0.29, 0.717) is 6.54 Å². The number of carbonyl (C=O) groups excluding carboxylic acids is 1. The third-order valence-electron chi connectivity index (χ3n) is 5.18. The highest BCUT2D eigenvalue weighted by atomic mass is 16.2. The summed E-state index contributed by atoms with van der Waals surface area (Å²) in [7, 11) is 3.90. The largest absolute Gasteiger partial charge is 0.337 e. The summed E-state index contributed by atoms with van der Waals surface area (Å²) >= 11 is 0. The van der Waals surface area contributed by atoms with Gasteiger partial charge in [-0.3, -0.25) is 9.69 Å². The summed E-state index contributed by atoms with van der Waals surface area (Å²) < 4.78 is 2.08. The van der Waals surface area contributed by atoms with Gasteiger partial charge >= 0.3 is 0 Å². The number of imidazole rings is 1. The maximum absolute atomic E-state index is 12.8. The van der Waals surface area contributed by atoms with E-state index in [0.717, 1.165) is 29.9 Å². The van der Waals surface area contributed by atoms with E-state index >= 15 is 0 Å². The number of rotatable bonds is 4. The van der Waals surface area contributed by atoms with E-state index in [1.807, 2.05) is 44.1 Å². The molecule has 1 aliphatic rings. The van der Waals surface area contributed by atoms with Gasteiger partial charge in [0.25, 0.3) is 0 Å². The SMILES string of the molecule is CC(C(=O)N(C)Cc1nc2ccccc2n1C)N1CCCCCC1. The molecule has 0 N–H and O–H groups in total. The molecule has 1 fully saturated rings. The summed E-state index contributed by atoms with van der Waals surface area (Å²) in [5, 5.41) is 0. The Balaban J connectivity index is 1.69. The topological polar surface area (TPSA) is 41.4 Å². The summed E-state index contributed by atoms with van der Waals surface area (Å²) in [6.45, 7) is 4.65. The highest BCUT2D eigenvalue weighted by Gasteiger charge is 2.25. The molecule has 2 aromatic rings. The second-order valence-electron chi connectivity index (χ2n) is 6.90. The number of amides is 1. The van der Waals surface area contributed by atoms with E-state index in [2.05, 4.69) is 20.5 Å². The highest BCUT2D eigenvalue weighted by molar-refractivity contribution is 5.81. The molecule has 1 atom stereocenters. The molecular formula is C19H28N4O. The van der Waals surface area contributed by atoms with Gasteiger partial charge in [0.05, 0.1) is 23.6 Å². The van der Waals surface area contributed by atoms with Crippen molar-refractivity contribution in [3.8, 4) is 0 Å². The van der Waals surface area contributed by atoms with Gasteiger partial charge in [0, 0.05) is 14.1 Å². The van der Waals surface area contributed by atoms with Crippen molar-refractivity contribution in [2.24, 2.45) is 7.05 Å². The second kappa shape index (κ2) is 7.34. The molecule has 5 heteroatoms. The number of fused-ring (bicyclic) bond motifs is 1. The standard InChI is InChI=1S/C19H28N4O/c1-15(23-12-8-4-5-9-13-23)19(24)21(2)14-18-20-16-10-6-7-11-17(16)22(18)3/h6-7,10-11,15H,4-5,8-9,12-14H2,1-3H3. The van der Waals surface area contributed by atoms with Crippen LogP contribution in [0.25, 0.3) is 11.0 Å². The zero-order chi connectivity index (χ0) is 17.1. The van der Waals surface area contributed by atoms with Gasteiger partial charge < -0.3 is 9.47 Å². The van der Waals surface area contributed by atoms with E-state index in [4.69, 9.17) is 0 Å². The smallest absolute Gasteiger partial charge is 0.239 e. The van der Waals surface area contributed by atoms with Crippen molar-refractivity contribution in [1.29, 1.82) is 0 Å². The van der Waals surface area contributed by atoms with Gasteiger partial charge in [-0.05, 0) is 45.0 Å². The lowest BCUT2D eigenvalue weighted by atomic mass is 10.2. The van der Waals surface area contributed by atoms with Crippen molar-refractivity contribution in [3.05, 3.63) is 30.1 Å². The Bertz CT molecular complexity index is 700. The van der Waals surface area contributed by atoms with Crippen molar-refractivity contribution in [1.82, 2.24) is 19.4 Å². The summed E-state index contributed by atoms with van der Waals surface area (Å²) in [6.07, 6.45) is 4.97. The zero-order valence-electron chi connectivity index (χ0n) is 15.0. The summed E-state index contributed by atoms with van der Waals surface area (Å²) in [6, 6.07) is 8.04. The molecule has 1 unspecified atom stereocenters. The molecule has 1 saturated heterocycles. The lowest BCUT2D eigenvalue weighted by Gasteiger charge is -2.30. The van der Waals surface area contributed by atoms with Crippen LogP contribution in [0, 0.1) is 0 Å². The minimum Gasteiger partial charge on any atom is -0.337 e. The van der Waals surface area contributed by atoms with Gasteiger partial charge in [-0.1, -0.05) is 25.0 Å². The number of hydrogen-bond acceptors (Lipinski definition) is 3. The molecule has 0 radical (unpaired) electrons. The lowest BCUT2D eigenvalue weighted by molar-refractivity contribution is -0.135. The van der Waals surface area contributed by atoms with E-state index in [1.54, 1.807) is 0 Å². The number of para-hydroxylation sites is 2. The Kier molecular flexibility index (Phi) is 5.19. The van der Waals surface area contributed by atoms with E-state index in [-0.39, 0.29) is 11.9 Å². The molecule has 0 bridgehead atoms. The number of hydrogen-bond donors (Lipinski definition) is 0. The molecule has 1 aliphatic heterocycles. The Labute approximate surface area is 144 Å². The maximum Gasteiger partial charge on any atom is 0.239 e. The first-order chi connectivity index (χ1) is 11.6. The van der Waals surface area contributed by atoms with Gasteiger partial charge in [-0.2, -0.15) is 0 Å². The van der Waals surface area contributed by atoms with Crippen molar-refractivity contribution >= 4 is 16.9 Å². The van der Waals surface area contributed by atoms with Gasteiger partial charge in [-0.25, -0.2) is 4.98 Å². The van der Waals surface area contributed by atoms with Crippen molar-refractivity contribution in [3.63, 3.8) is 0 Å². The van der Waals surface area contributed by atoms with Crippen LogP contribution in [0.15, 0.2) is 24.3 Å². The van der Waals surface area contributed by atoms with Crippen LogP contribution in [-0.2, 0) is 18.4 Å². The molecule has 1 aromatic carbocycles. The van der Waals surface area contributed by atoms with Crippen molar-refractivity contribution < 1.29 is 4.79 Å². The maximum atomic E-state index is 12.8. The van der Waals surface area contributed by atoms with Crippen molar-refractivity contribution in [2.75, 3.05) is 20.1 Å². The molecule has 130 valence electrons. The number of nitrogens with zero attached hydrogens (tertiary/aromatic N) is 4. The van der Waals surface area contributed by atoms with Gasteiger partial charge in [-0.15, -0.1) is 0 Å². The number of benzene rings is 1. The predicted octanol–water partition coefficient (Wildman–Crippen LogP) is 2.80. The summed E-state index contributed by atoms with van der Waals surface area (Å²) in [4.78, 5) is 21.7. The Morgan fingerprint density at radius 1 is 1.21 bits per heavy atom. The highest BCUT2D eigenvalue weighted by Crippen LogP contribution is 2.17. The minimum absolute atomic E-state index is 0.0530. The van der Waals surface area contributed by atoms with Gasteiger partial charge in [0.15, 0.2) is 0 Å². The zero-order valence-corrected chi connectivity index (χ0v) is 15.0. The number of likely N-dealkylation sites (tertiary alicyclic amines) is 1. The third-order valence-corrected chi connectivity index (χ3v) is 5.18. The first-order valence-electron chi connectivity index (χ1n) is 8.97. The lowest BCUT2D eigenvalue weighted by Crippen LogP contribution is -2.46. The number of aryl methyl sites for hydroxylation is 1. The van der Waals surface area contributed by atoms with Crippen LogP contribution in [0.2, 0.25) is 0 Å². The van der Waals surface area contributed by atoms with Crippen LogP contribution in [0.3, 0.4) is 0 Å². The molecule has 3 rings (SSSR count). The first kappa shape index (κ1) is 17.0. The summed E-state index contributed by atoms with van der Waals surface area (Å²) in [5.41, 5.74) is 2.09. The second-order valence-corrected chi connectivity index (χ2v) is 6.90. The Morgan fingerprint density at radius 3 is 2.54 bits per heavy atom. The molecule has 5 nitrogen and oxygen atoms in total. The molecule has 0 spiro atoms. The van der Waals surface area contributed by atoms with Crippen LogP contribution in [-0.4, -0.2) is 51.4 Å². The van der Waals surface area contributed by atoms with Crippen molar-refractivity contribution in [2.45, 2.75) is 45.2 Å². The van der Waals surface area contributed by atoms with Crippen LogP contribution < -0.4 is 0 Å². The third kappa shape index (κ3) is 3.46. The number of carbonyl (C=O) groups is 1. The van der Waals surface area contributed by atoms with Gasteiger partial charge in [0.1, 0.15) is 5.82 Å². The quantitative estimate of drug-likeness (QED) is 0.866. The number of aromatic nitrogens is 2. The van der Waals surface area contributed by atoms with E-state index in [1.165, 1.54) is 25.7 Å². The van der Waals surface area contributed by atoms with Crippen LogP contribution in [0.5, 0.6) is 0 Å². The predicted molar refractivity (Wildman–Crippen MR) is 96.7 cm³/mol. The fourth-order valence-corrected chi connectivity index (χ4v) is 3.58. The average molecular weight is 328 g/mol. The molecule has 1 amide bonds.